The number of aromatic nitrogens is 1. The maximum Gasteiger partial charge on any atom is 0.417 e. The van der Waals surface area contributed by atoms with Gasteiger partial charge in [-0.1, -0.05) is 6.07 Å². The van der Waals surface area contributed by atoms with Crippen LogP contribution in [-0.2, 0) is 6.54 Å². The zero-order valence-electron chi connectivity index (χ0n) is 10.9. The number of aliphatic hydroxyl groups excluding tert-OH is 1. The summed E-state index contributed by atoms with van der Waals surface area (Å²) in [6, 6.07) is 5.58. The maximum absolute atomic E-state index is 11.1. The van der Waals surface area contributed by atoms with E-state index >= 15 is 0 Å². The topological polar surface area (TPSA) is 95.5 Å². The number of hydrogen-bond acceptors (Lipinski definition) is 5. The third kappa shape index (κ3) is 3.66. The summed E-state index contributed by atoms with van der Waals surface area (Å²) in [5, 5.41) is 9.69. The fraction of sp³-hybridized carbons (Fsp3) is 0.462. The molecule has 0 saturated carbocycles. The number of nitrogens with one attached hydrogen (secondary N) is 1. The Balaban J connectivity index is 2.02. The maximum atomic E-state index is 11.1. The molecule has 0 aliphatic heterocycles. The average Bonchev–Trinajstić information content (AvgIpc) is 2.68. The predicted molar refractivity (Wildman–Crippen MR) is 72.8 cm³/mol. The van der Waals surface area contributed by atoms with Crippen molar-refractivity contribution in [2.24, 2.45) is 5.73 Å². The Morgan fingerprint density at radius 2 is 2.32 bits per heavy atom. The van der Waals surface area contributed by atoms with Crippen LogP contribution in [-0.4, -0.2) is 41.2 Å². The number of likely N-dealkylation sites (N-methyl/N-ethyl adjacent to an activating group) is 1. The molecular formula is C13H19N3O3. The van der Waals surface area contributed by atoms with Crippen LogP contribution in [0.15, 0.2) is 27.4 Å². The summed E-state index contributed by atoms with van der Waals surface area (Å²) in [6.45, 7) is 1.72. The summed E-state index contributed by atoms with van der Waals surface area (Å²) in [5.74, 6) is -0.445. The van der Waals surface area contributed by atoms with Gasteiger partial charge in [-0.2, -0.15) is 0 Å². The number of rotatable bonds is 6. The van der Waals surface area contributed by atoms with Crippen molar-refractivity contribution in [2.45, 2.75) is 19.1 Å². The Labute approximate surface area is 110 Å². The third-order valence-electron chi connectivity index (χ3n) is 2.96. The van der Waals surface area contributed by atoms with Gasteiger partial charge in [0.05, 0.1) is 11.6 Å². The van der Waals surface area contributed by atoms with Gasteiger partial charge < -0.3 is 15.3 Å². The minimum atomic E-state index is -0.445. The molecule has 2 aromatic rings. The smallest absolute Gasteiger partial charge is 0.408 e. The lowest BCUT2D eigenvalue weighted by Gasteiger charge is -2.20. The number of H-pyrrole nitrogens is 1. The summed E-state index contributed by atoms with van der Waals surface area (Å²) < 4.78 is 5.01. The number of nitrogens with zero attached hydrogens (tertiary/aromatic N) is 1. The Morgan fingerprint density at radius 3 is 3.05 bits per heavy atom. The standard InChI is InChI=1S/C13H19N3O3/c1-16(8-10(17)4-5-14)7-9-2-3-11-12(6-9)19-13(18)15-11/h2-3,6,10,17H,4-5,7-8,14H2,1H3,(H,15,18). The molecule has 1 aromatic heterocycles. The molecule has 0 fully saturated rings. The first-order chi connectivity index (χ1) is 9.08. The van der Waals surface area contributed by atoms with Crippen LogP contribution in [0.25, 0.3) is 11.1 Å². The Hall–Kier alpha value is -1.63. The highest BCUT2D eigenvalue weighted by Gasteiger charge is 2.09. The molecule has 1 heterocycles. The van der Waals surface area contributed by atoms with Crippen LogP contribution in [0, 0.1) is 0 Å². The quantitative estimate of drug-likeness (QED) is 0.696. The molecule has 19 heavy (non-hydrogen) atoms. The van der Waals surface area contributed by atoms with Crippen molar-refractivity contribution in [1.82, 2.24) is 9.88 Å². The summed E-state index contributed by atoms with van der Waals surface area (Å²) >= 11 is 0. The molecule has 0 aliphatic carbocycles. The number of oxazole rings is 1. The number of hydrogen-bond donors (Lipinski definition) is 3. The van der Waals surface area contributed by atoms with E-state index in [-0.39, 0.29) is 0 Å². The van der Waals surface area contributed by atoms with Crippen LogP contribution >= 0.6 is 0 Å². The molecule has 0 bridgehead atoms. The number of aliphatic hydroxyl groups is 1. The molecule has 1 aromatic carbocycles. The number of nitrogens with two attached hydrogens (primary N) is 1. The minimum absolute atomic E-state index is 0.413. The van der Waals surface area contributed by atoms with E-state index in [9.17, 15) is 9.90 Å². The van der Waals surface area contributed by atoms with Gasteiger partial charge >= 0.3 is 5.76 Å². The molecule has 4 N–H and O–H groups in total. The van der Waals surface area contributed by atoms with Gasteiger partial charge in [0, 0.05) is 13.1 Å². The average molecular weight is 265 g/mol. The molecule has 6 nitrogen and oxygen atoms in total. The summed E-state index contributed by atoms with van der Waals surface area (Å²) in [6.07, 6.45) is 0.180. The number of fused-ring (bicyclic) bond motifs is 1. The lowest BCUT2D eigenvalue weighted by atomic mass is 10.2. The first kappa shape index (κ1) is 13.8. The second-order valence-corrected chi connectivity index (χ2v) is 4.77. The molecular weight excluding hydrogens is 246 g/mol. The van der Waals surface area contributed by atoms with Gasteiger partial charge in [-0.25, -0.2) is 4.79 Å². The van der Waals surface area contributed by atoms with Crippen molar-refractivity contribution in [3.8, 4) is 0 Å². The third-order valence-corrected chi connectivity index (χ3v) is 2.96. The van der Waals surface area contributed by atoms with Crippen molar-refractivity contribution in [1.29, 1.82) is 0 Å². The monoisotopic (exact) mass is 265 g/mol. The molecule has 0 amide bonds. The van der Waals surface area contributed by atoms with E-state index in [1.54, 1.807) is 0 Å². The van der Waals surface area contributed by atoms with Crippen molar-refractivity contribution < 1.29 is 9.52 Å². The van der Waals surface area contributed by atoms with Gasteiger partial charge in [-0.05, 0) is 37.7 Å². The number of aromatic amines is 1. The van der Waals surface area contributed by atoms with E-state index in [1.165, 1.54) is 0 Å². The first-order valence-corrected chi connectivity index (χ1v) is 6.27. The van der Waals surface area contributed by atoms with E-state index in [1.807, 2.05) is 30.1 Å². The van der Waals surface area contributed by atoms with E-state index in [0.717, 1.165) is 5.56 Å². The van der Waals surface area contributed by atoms with E-state index < -0.39 is 11.9 Å². The molecule has 1 atom stereocenters. The van der Waals surface area contributed by atoms with Gasteiger partial charge in [-0.3, -0.25) is 9.88 Å². The fourth-order valence-electron chi connectivity index (χ4n) is 2.11. The molecule has 0 spiro atoms. The molecule has 2 rings (SSSR count). The fourth-order valence-corrected chi connectivity index (χ4v) is 2.11. The van der Waals surface area contributed by atoms with Gasteiger partial charge in [0.2, 0.25) is 0 Å². The molecule has 1 unspecified atom stereocenters. The molecule has 104 valence electrons. The SMILES string of the molecule is CN(Cc1ccc2[nH]c(=O)oc2c1)CC(O)CCN. The van der Waals surface area contributed by atoms with Crippen molar-refractivity contribution in [2.75, 3.05) is 20.1 Å². The minimum Gasteiger partial charge on any atom is -0.408 e. The van der Waals surface area contributed by atoms with Gasteiger partial charge in [0.25, 0.3) is 0 Å². The summed E-state index contributed by atoms with van der Waals surface area (Å²) in [7, 11) is 1.93. The molecule has 0 saturated heterocycles. The normalized spacial score (nSPS) is 13.3. The van der Waals surface area contributed by atoms with Crippen LogP contribution in [0.4, 0.5) is 0 Å². The molecule has 6 heteroatoms. The van der Waals surface area contributed by atoms with Crippen LogP contribution in [0.5, 0.6) is 0 Å². The molecule has 0 aliphatic rings. The van der Waals surface area contributed by atoms with Crippen LogP contribution < -0.4 is 11.5 Å². The highest BCUT2D eigenvalue weighted by molar-refractivity contribution is 5.72. The Bertz CT molecular complexity index is 590. The van der Waals surface area contributed by atoms with Crippen LogP contribution in [0.2, 0.25) is 0 Å². The molecule has 0 radical (unpaired) electrons. The van der Waals surface area contributed by atoms with E-state index in [0.29, 0.717) is 37.2 Å². The van der Waals surface area contributed by atoms with Gasteiger partial charge in [0.1, 0.15) is 0 Å². The second kappa shape index (κ2) is 6.01. The first-order valence-electron chi connectivity index (χ1n) is 6.27. The van der Waals surface area contributed by atoms with Gasteiger partial charge in [-0.15, -0.1) is 0 Å². The highest BCUT2D eigenvalue weighted by Crippen LogP contribution is 2.13. The summed E-state index contributed by atoms with van der Waals surface area (Å²) in [5.41, 5.74) is 7.67. The summed E-state index contributed by atoms with van der Waals surface area (Å²) in [4.78, 5) is 15.7. The zero-order chi connectivity index (χ0) is 13.8. The zero-order valence-corrected chi connectivity index (χ0v) is 10.9. The van der Waals surface area contributed by atoms with Crippen LogP contribution in [0.1, 0.15) is 12.0 Å². The lowest BCUT2D eigenvalue weighted by molar-refractivity contribution is 0.117. The highest BCUT2D eigenvalue weighted by atomic mass is 16.4. The van der Waals surface area contributed by atoms with Crippen molar-refractivity contribution in [3.63, 3.8) is 0 Å². The van der Waals surface area contributed by atoms with Gasteiger partial charge in [0.15, 0.2) is 5.58 Å². The van der Waals surface area contributed by atoms with E-state index in [2.05, 4.69) is 4.98 Å². The lowest BCUT2D eigenvalue weighted by Crippen LogP contribution is -2.30. The Kier molecular flexibility index (Phi) is 4.36. The largest absolute Gasteiger partial charge is 0.417 e. The number of benzene rings is 1. The van der Waals surface area contributed by atoms with E-state index in [4.69, 9.17) is 10.2 Å². The van der Waals surface area contributed by atoms with Crippen molar-refractivity contribution >= 4 is 11.1 Å². The van der Waals surface area contributed by atoms with Crippen LogP contribution in [0.3, 0.4) is 0 Å². The Morgan fingerprint density at radius 1 is 1.53 bits per heavy atom. The second-order valence-electron chi connectivity index (χ2n) is 4.77. The predicted octanol–water partition coefficient (Wildman–Crippen LogP) is 0.263. The van der Waals surface area contributed by atoms with Crippen molar-refractivity contribution in [3.05, 3.63) is 34.3 Å².